The molecule has 2 aromatic rings. The van der Waals surface area contributed by atoms with Gasteiger partial charge in [-0.3, -0.25) is 0 Å². The lowest BCUT2D eigenvalue weighted by atomic mass is 10.1. The van der Waals surface area contributed by atoms with Crippen molar-refractivity contribution in [3.05, 3.63) is 48.5 Å². The summed E-state index contributed by atoms with van der Waals surface area (Å²) in [6, 6.07) is 22.2. The van der Waals surface area contributed by atoms with Crippen molar-refractivity contribution in [2.45, 2.75) is 38.9 Å². The van der Waals surface area contributed by atoms with Crippen molar-refractivity contribution in [3.63, 3.8) is 0 Å². The summed E-state index contributed by atoms with van der Waals surface area (Å²) in [7, 11) is 2.92. The van der Waals surface area contributed by atoms with Gasteiger partial charge in [0, 0.05) is 19.8 Å². The molecule has 0 saturated heterocycles. The summed E-state index contributed by atoms with van der Waals surface area (Å²) in [5.74, 6) is 0. The van der Waals surface area contributed by atoms with Crippen LogP contribution in [0.4, 0.5) is 5.69 Å². The maximum Gasteiger partial charge on any atom is 0.0859 e. The van der Waals surface area contributed by atoms with Crippen molar-refractivity contribution < 1.29 is 0 Å². The molecule has 0 spiro atoms. The minimum atomic E-state index is -1.25. The van der Waals surface area contributed by atoms with Crippen LogP contribution >= 0.6 is 0 Å². The topological polar surface area (TPSA) is 3.24 Å². The van der Waals surface area contributed by atoms with Crippen molar-refractivity contribution in [3.8, 4) is 11.1 Å². The highest BCUT2D eigenvalue weighted by molar-refractivity contribution is 6.91. The normalized spacial score (nSPS) is 11.5. The second kappa shape index (κ2) is 7.15. The maximum atomic E-state index is 2.39. The lowest BCUT2D eigenvalue weighted by Crippen LogP contribution is -2.45. The number of nitrogens with zero attached hydrogens (tertiary/aromatic N) is 1. The second-order valence-corrected chi connectivity index (χ2v) is 11.6. The zero-order valence-corrected chi connectivity index (χ0v) is 15.7. The smallest absolute Gasteiger partial charge is 0.0859 e. The summed E-state index contributed by atoms with van der Waals surface area (Å²) < 4.78 is 0. The molecule has 0 aliphatic heterocycles. The van der Waals surface area contributed by atoms with Crippen LogP contribution in [0.3, 0.4) is 0 Å². The van der Waals surface area contributed by atoms with Crippen LogP contribution in [-0.4, -0.2) is 22.2 Å². The van der Waals surface area contributed by atoms with Gasteiger partial charge in [-0.2, -0.15) is 0 Å². The highest BCUT2D eigenvalue weighted by Gasteiger charge is 2.28. The van der Waals surface area contributed by atoms with E-state index < -0.39 is 8.07 Å². The molecule has 0 saturated carbocycles. The molecule has 1 nitrogen and oxygen atoms in total. The highest BCUT2D eigenvalue weighted by Crippen LogP contribution is 2.25. The molecule has 0 bridgehead atoms. The van der Waals surface area contributed by atoms with Crippen molar-refractivity contribution >= 4 is 18.9 Å². The number of hydrogen-bond acceptors (Lipinski definition) is 1. The predicted molar refractivity (Wildman–Crippen MR) is 103 cm³/mol. The average molecular weight is 312 g/mol. The van der Waals surface area contributed by atoms with Crippen LogP contribution < -0.4 is 10.1 Å². The van der Waals surface area contributed by atoms with Crippen molar-refractivity contribution in [1.82, 2.24) is 0 Å². The third kappa shape index (κ3) is 3.27. The third-order valence-electron chi connectivity index (χ3n) is 5.22. The Labute approximate surface area is 137 Å². The van der Waals surface area contributed by atoms with Gasteiger partial charge in [0.05, 0.1) is 8.07 Å². The van der Waals surface area contributed by atoms with E-state index in [1.807, 2.05) is 0 Å². The fourth-order valence-corrected chi connectivity index (χ4v) is 6.94. The molecule has 0 atom stereocenters. The fraction of sp³-hybridized carbons (Fsp3) is 0.400. The number of rotatable bonds is 6. The van der Waals surface area contributed by atoms with E-state index in [4.69, 9.17) is 0 Å². The van der Waals surface area contributed by atoms with Crippen LogP contribution in [0.25, 0.3) is 11.1 Å². The molecule has 0 aliphatic rings. The molecule has 118 valence electrons. The quantitative estimate of drug-likeness (QED) is 0.668. The van der Waals surface area contributed by atoms with Gasteiger partial charge < -0.3 is 4.90 Å². The first-order valence-electron chi connectivity index (χ1n) is 8.44. The molecule has 0 N–H and O–H groups in total. The summed E-state index contributed by atoms with van der Waals surface area (Å²) in [5.41, 5.74) is 3.87. The van der Waals surface area contributed by atoms with E-state index in [-0.39, 0.29) is 0 Å². The molecule has 0 unspecified atom stereocenters. The monoisotopic (exact) mass is 311 g/mol. The van der Waals surface area contributed by atoms with Crippen LogP contribution in [0.15, 0.2) is 48.5 Å². The molecule has 2 heteroatoms. The van der Waals surface area contributed by atoms with Crippen molar-refractivity contribution in [1.29, 1.82) is 0 Å². The van der Waals surface area contributed by atoms with E-state index in [0.717, 1.165) is 0 Å². The standard InChI is InChI=1S/C20H29NSi/c1-6-22(7-2,8-3)20-14-12-17(13-15-20)18-10-9-11-19(16-18)21(4)5/h9-16H,6-8H2,1-5H3. The third-order valence-corrected chi connectivity index (χ3v) is 10.8. The summed E-state index contributed by atoms with van der Waals surface area (Å²) in [4.78, 5) is 2.15. The van der Waals surface area contributed by atoms with Gasteiger partial charge in [-0.1, -0.05) is 80.5 Å². The van der Waals surface area contributed by atoms with E-state index in [1.54, 1.807) is 5.19 Å². The Morgan fingerprint density at radius 2 is 1.36 bits per heavy atom. The predicted octanol–water partition coefficient (Wildman–Crippen LogP) is 5.14. The number of anilines is 1. The average Bonchev–Trinajstić information content (AvgIpc) is 2.58. The van der Waals surface area contributed by atoms with Gasteiger partial charge in [0.1, 0.15) is 0 Å². The molecular weight excluding hydrogens is 282 g/mol. The molecule has 0 aliphatic carbocycles. The first-order chi connectivity index (χ1) is 10.6. The zero-order valence-electron chi connectivity index (χ0n) is 14.7. The van der Waals surface area contributed by atoms with Crippen LogP contribution in [0.1, 0.15) is 20.8 Å². The summed E-state index contributed by atoms with van der Waals surface area (Å²) in [6.45, 7) is 7.11. The Morgan fingerprint density at radius 1 is 0.773 bits per heavy atom. The molecule has 0 aromatic heterocycles. The number of hydrogen-bond donors (Lipinski definition) is 0. The SMILES string of the molecule is CC[Si](CC)(CC)c1ccc(-c2cccc(N(C)C)c2)cc1. The highest BCUT2D eigenvalue weighted by atomic mass is 28.3. The van der Waals surface area contributed by atoms with Crippen LogP contribution in [0, 0.1) is 0 Å². The molecule has 22 heavy (non-hydrogen) atoms. The van der Waals surface area contributed by atoms with Gasteiger partial charge in [0.25, 0.3) is 0 Å². The van der Waals surface area contributed by atoms with E-state index in [1.165, 1.54) is 34.9 Å². The first kappa shape index (κ1) is 16.8. The largest absolute Gasteiger partial charge is 0.378 e. The Bertz CT molecular complexity index is 589. The van der Waals surface area contributed by atoms with Crippen molar-refractivity contribution in [2.24, 2.45) is 0 Å². The van der Waals surface area contributed by atoms with Gasteiger partial charge in [0.15, 0.2) is 0 Å². The first-order valence-corrected chi connectivity index (χ1v) is 11.1. The minimum Gasteiger partial charge on any atom is -0.378 e. The molecule has 0 fully saturated rings. The Hall–Kier alpha value is -1.54. The molecule has 2 rings (SSSR count). The van der Waals surface area contributed by atoms with Crippen LogP contribution in [-0.2, 0) is 0 Å². The van der Waals surface area contributed by atoms with Gasteiger partial charge >= 0.3 is 0 Å². The van der Waals surface area contributed by atoms with Gasteiger partial charge in [0.2, 0.25) is 0 Å². The fourth-order valence-electron chi connectivity index (χ4n) is 3.34. The Balaban J connectivity index is 2.35. The lowest BCUT2D eigenvalue weighted by molar-refractivity contribution is 1.13. The summed E-state index contributed by atoms with van der Waals surface area (Å²) in [5, 5.41) is 1.62. The Kier molecular flexibility index (Phi) is 5.46. The summed E-state index contributed by atoms with van der Waals surface area (Å²) >= 11 is 0. The zero-order chi connectivity index (χ0) is 16.2. The lowest BCUT2D eigenvalue weighted by Gasteiger charge is -2.28. The van der Waals surface area contributed by atoms with Crippen LogP contribution in [0.5, 0.6) is 0 Å². The maximum absolute atomic E-state index is 2.39. The molecule has 0 heterocycles. The number of benzene rings is 2. The van der Waals surface area contributed by atoms with Crippen molar-refractivity contribution in [2.75, 3.05) is 19.0 Å². The van der Waals surface area contributed by atoms with E-state index in [9.17, 15) is 0 Å². The Morgan fingerprint density at radius 3 is 1.86 bits per heavy atom. The van der Waals surface area contributed by atoms with Crippen LogP contribution in [0.2, 0.25) is 18.1 Å². The summed E-state index contributed by atoms with van der Waals surface area (Å²) in [6.07, 6.45) is 0. The molecule has 0 radical (unpaired) electrons. The van der Waals surface area contributed by atoms with Gasteiger partial charge in [-0.15, -0.1) is 0 Å². The van der Waals surface area contributed by atoms with E-state index in [2.05, 4.69) is 88.3 Å². The van der Waals surface area contributed by atoms with Gasteiger partial charge in [-0.25, -0.2) is 0 Å². The van der Waals surface area contributed by atoms with E-state index >= 15 is 0 Å². The second-order valence-electron chi connectivity index (χ2n) is 6.36. The molecule has 0 amide bonds. The van der Waals surface area contributed by atoms with Gasteiger partial charge in [-0.05, 0) is 23.3 Å². The minimum absolute atomic E-state index is 1.25. The molecular formula is C20H29NSi. The molecule has 2 aromatic carbocycles. The van der Waals surface area contributed by atoms with E-state index in [0.29, 0.717) is 0 Å².